The predicted octanol–water partition coefficient (Wildman–Crippen LogP) is -2.31. The molecule has 0 aromatic carbocycles. The van der Waals surface area contributed by atoms with Crippen molar-refractivity contribution in [2.75, 3.05) is 6.61 Å². The standard InChI is InChI=1S/C7H12F2O5/c8-7(9)2(1-10)3(11)4(12)5(13)6(7)14/h2-6,10-14H,1H2/t2-,3-,4+,5-,6+/m1/s1. The molecule has 1 aliphatic rings. The first-order valence-electron chi connectivity index (χ1n) is 4.05. The molecule has 0 aliphatic heterocycles. The third kappa shape index (κ3) is 1.51. The largest absolute Gasteiger partial charge is 0.396 e. The lowest BCUT2D eigenvalue weighted by Gasteiger charge is -2.43. The van der Waals surface area contributed by atoms with Crippen LogP contribution in [0.2, 0.25) is 0 Å². The van der Waals surface area contributed by atoms with Crippen LogP contribution in [0.15, 0.2) is 0 Å². The van der Waals surface area contributed by atoms with Crippen LogP contribution in [0.1, 0.15) is 0 Å². The van der Waals surface area contributed by atoms with Crippen molar-refractivity contribution in [1.82, 2.24) is 0 Å². The van der Waals surface area contributed by atoms with Gasteiger partial charge < -0.3 is 25.5 Å². The summed E-state index contributed by atoms with van der Waals surface area (Å²) >= 11 is 0. The van der Waals surface area contributed by atoms with Gasteiger partial charge in [-0.1, -0.05) is 0 Å². The molecule has 0 amide bonds. The second kappa shape index (κ2) is 3.67. The van der Waals surface area contributed by atoms with Gasteiger partial charge in [0, 0.05) is 0 Å². The van der Waals surface area contributed by atoms with Crippen molar-refractivity contribution in [2.45, 2.75) is 30.3 Å². The summed E-state index contributed by atoms with van der Waals surface area (Å²) < 4.78 is 26.2. The molecule has 0 bridgehead atoms. The number of hydrogen-bond acceptors (Lipinski definition) is 5. The van der Waals surface area contributed by atoms with E-state index in [-0.39, 0.29) is 0 Å². The van der Waals surface area contributed by atoms with Crippen LogP contribution in [0.25, 0.3) is 0 Å². The fourth-order valence-electron chi connectivity index (χ4n) is 1.53. The molecule has 0 heterocycles. The summed E-state index contributed by atoms with van der Waals surface area (Å²) in [5.74, 6) is -5.80. The monoisotopic (exact) mass is 214 g/mol. The van der Waals surface area contributed by atoms with Gasteiger partial charge in [0.1, 0.15) is 18.3 Å². The summed E-state index contributed by atoms with van der Waals surface area (Å²) in [7, 11) is 0. The van der Waals surface area contributed by atoms with Gasteiger partial charge in [-0.15, -0.1) is 0 Å². The third-order valence-electron chi connectivity index (χ3n) is 2.52. The predicted molar refractivity (Wildman–Crippen MR) is 39.6 cm³/mol. The molecule has 5 N–H and O–H groups in total. The molecule has 1 rings (SSSR count). The van der Waals surface area contributed by atoms with Gasteiger partial charge in [0.05, 0.1) is 18.6 Å². The van der Waals surface area contributed by atoms with Gasteiger partial charge in [0.15, 0.2) is 0 Å². The van der Waals surface area contributed by atoms with Crippen LogP contribution >= 0.6 is 0 Å². The van der Waals surface area contributed by atoms with Crippen LogP contribution in [0.3, 0.4) is 0 Å². The lowest BCUT2D eigenvalue weighted by Crippen LogP contribution is -2.65. The van der Waals surface area contributed by atoms with Crippen LogP contribution in [0.5, 0.6) is 0 Å². The van der Waals surface area contributed by atoms with Crippen molar-refractivity contribution in [2.24, 2.45) is 5.92 Å². The Morgan fingerprint density at radius 1 is 0.929 bits per heavy atom. The van der Waals surface area contributed by atoms with Crippen LogP contribution < -0.4 is 0 Å². The second-order valence-electron chi connectivity index (χ2n) is 3.38. The zero-order valence-electron chi connectivity index (χ0n) is 7.09. The maximum absolute atomic E-state index is 13.1. The maximum atomic E-state index is 13.1. The van der Waals surface area contributed by atoms with Gasteiger partial charge in [-0.05, 0) is 0 Å². The average Bonchev–Trinajstić information content (AvgIpc) is 2.13. The van der Waals surface area contributed by atoms with E-state index in [4.69, 9.17) is 25.5 Å². The smallest absolute Gasteiger partial charge is 0.283 e. The minimum atomic E-state index is -3.83. The zero-order valence-corrected chi connectivity index (χ0v) is 7.09. The highest BCUT2D eigenvalue weighted by atomic mass is 19.3. The van der Waals surface area contributed by atoms with Gasteiger partial charge >= 0.3 is 0 Å². The van der Waals surface area contributed by atoms with E-state index < -0.39 is 42.9 Å². The van der Waals surface area contributed by atoms with E-state index in [1.54, 1.807) is 0 Å². The van der Waals surface area contributed by atoms with E-state index in [1.165, 1.54) is 0 Å². The molecule has 1 aliphatic carbocycles. The molecular weight excluding hydrogens is 202 g/mol. The van der Waals surface area contributed by atoms with Crippen molar-refractivity contribution in [1.29, 1.82) is 0 Å². The Balaban J connectivity index is 2.96. The van der Waals surface area contributed by atoms with E-state index in [2.05, 4.69) is 0 Å². The minimum Gasteiger partial charge on any atom is -0.396 e. The fraction of sp³-hybridized carbons (Fsp3) is 1.00. The third-order valence-corrected chi connectivity index (χ3v) is 2.52. The number of hydrogen-bond donors (Lipinski definition) is 5. The molecule has 0 aromatic heterocycles. The molecule has 0 saturated heterocycles. The van der Waals surface area contributed by atoms with Crippen molar-refractivity contribution >= 4 is 0 Å². The summed E-state index contributed by atoms with van der Waals surface area (Å²) in [6, 6.07) is 0. The minimum absolute atomic E-state index is 1.09. The summed E-state index contributed by atoms with van der Waals surface area (Å²) in [5.41, 5.74) is 0. The lowest BCUT2D eigenvalue weighted by molar-refractivity contribution is -0.273. The number of halogens is 2. The van der Waals surface area contributed by atoms with Crippen LogP contribution in [0.4, 0.5) is 8.78 Å². The van der Waals surface area contributed by atoms with Gasteiger partial charge in [0.25, 0.3) is 5.92 Å². The van der Waals surface area contributed by atoms with E-state index >= 15 is 0 Å². The van der Waals surface area contributed by atoms with Gasteiger partial charge in [-0.3, -0.25) is 0 Å². The first-order chi connectivity index (χ1) is 6.34. The molecule has 0 unspecified atom stereocenters. The van der Waals surface area contributed by atoms with Gasteiger partial charge in [-0.2, -0.15) is 0 Å². The zero-order chi connectivity index (χ0) is 11.1. The molecule has 0 radical (unpaired) electrons. The molecule has 1 fully saturated rings. The Hall–Kier alpha value is -0.340. The van der Waals surface area contributed by atoms with Crippen molar-refractivity contribution in [3.05, 3.63) is 0 Å². The molecular formula is C7H12F2O5. The molecule has 0 spiro atoms. The first kappa shape index (κ1) is 11.7. The van der Waals surface area contributed by atoms with Gasteiger partial charge in [-0.25, -0.2) is 8.78 Å². The Morgan fingerprint density at radius 2 is 1.43 bits per heavy atom. The Labute approximate surface area is 78.2 Å². The summed E-state index contributed by atoms with van der Waals surface area (Å²) in [6.45, 7) is -1.09. The van der Waals surface area contributed by atoms with Crippen molar-refractivity contribution in [3.63, 3.8) is 0 Å². The molecule has 5 atom stereocenters. The topological polar surface area (TPSA) is 101 Å². The number of rotatable bonds is 1. The highest BCUT2D eigenvalue weighted by molar-refractivity contribution is 5.02. The van der Waals surface area contributed by atoms with Crippen LogP contribution in [-0.4, -0.2) is 62.5 Å². The highest BCUT2D eigenvalue weighted by Crippen LogP contribution is 2.38. The maximum Gasteiger partial charge on any atom is 0.283 e. The number of aliphatic hydroxyl groups is 5. The van der Waals surface area contributed by atoms with E-state index in [0.717, 1.165) is 0 Å². The quantitative estimate of drug-likeness (QED) is 0.337. The van der Waals surface area contributed by atoms with E-state index in [9.17, 15) is 8.78 Å². The molecule has 0 aromatic rings. The van der Waals surface area contributed by atoms with Crippen molar-refractivity contribution in [3.8, 4) is 0 Å². The molecule has 5 nitrogen and oxygen atoms in total. The van der Waals surface area contributed by atoms with Crippen LogP contribution in [0, 0.1) is 5.92 Å². The van der Waals surface area contributed by atoms with Crippen LogP contribution in [-0.2, 0) is 0 Å². The van der Waals surface area contributed by atoms with Crippen molar-refractivity contribution < 1.29 is 34.3 Å². The summed E-state index contributed by atoms with van der Waals surface area (Å²) in [6.07, 6.45) is -8.46. The second-order valence-corrected chi connectivity index (χ2v) is 3.38. The lowest BCUT2D eigenvalue weighted by atomic mass is 9.78. The Kier molecular flexibility index (Phi) is 3.07. The normalized spacial score (nSPS) is 47.8. The number of alkyl halides is 2. The molecule has 1 saturated carbocycles. The molecule has 84 valence electrons. The Morgan fingerprint density at radius 3 is 1.86 bits per heavy atom. The molecule has 14 heavy (non-hydrogen) atoms. The summed E-state index contributed by atoms with van der Waals surface area (Å²) in [5, 5.41) is 44.6. The number of aliphatic hydroxyl groups excluding tert-OH is 5. The van der Waals surface area contributed by atoms with E-state index in [0.29, 0.717) is 0 Å². The summed E-state index contributed by atoms with van der Waals surface area (Å²) in [4.78, 5) is 0. The van der Waals surface area contributed by atoms with Gasteiger partial charge in [0.2, 0.25) is 0 Å². The average molecular weight is 214 g/mol. The SMILES string of the molecule is OC[C@@H]1[C@@H](O)[C@H](O)[C@@H](O)[C@H](O)C1(F)F. The molecule has 7 heteroatoms. The highest BCUT2D eigenvalue weighted by Gasteiger charge is 2.60. The Bertz CT molecular complexity index is 212. The fourth-order valence-corrected chi connectivity index (χ4v) is 1.53. The first-order valence-corrected chi connectivity index (χ1v) is 4.05. The van der Waals surface area contributed by atoms with E-state index in [1.807, 2.05) is 0 Å².